The third kappa shape index (κ3) is 5.27. The molecule has 0 fully saturated rings. The zero-order valence-electron chi connectivity index (χ0n) is 18.5. The Labute approximate surface area is 207 Å². The van der Waals surface area contributed by atoms with Crippen molar-refractivity contribution in [2.75, 3.05) is 11.3 Å². The molecule has 6 nitrogen and oxygen atoms in total. The molecule has 33 heavy (non-hydrogen) atoms. The van der Waals surface area contributed by atoms with Crippen molar-refractivity contribution in [3.8, 4) is 0 Å². The number of amides is 1. The Balaban J connectivity index is 1.47. The molecule has 2 N–H and O–H groups in total. The standard InChI is InChI=1S/C24H24Cl2N4O2S/c1-24(2,3)19-20(25)27-23(28-21(19)26)29-33-16-9-6-8-14(11-16)22(32)30-12-15-7-4-5-10-17(15)18(31)13-30/h4-11,18,31H,12-13H2,1-3H3,(H,27,28,29). The molecule has 9 heteroatoms. The maximum Gasteiger partial charge on any atom is 0.254 e. The molecule has 2 heterocycles. The molecule has 0 saturated heterocycles. The van der Waals surface area contributed by atoms with Gasteiger partial charge >= 0.3 is 0 Å². The van der Waals surface area contributed by atoms with Crippen LogP contribution < -0.4 is 4.72 Å². The number of halogens is 2. The van der Waals surface area contributed by atoms with Crippen LogP contribution in [-0.4, -0.2) is 32.4 Å². The van der Waals surface area contributed by atoms with Gasteiger partial charge in [-0.1, -0.05) is 74.3 Å². The molecule has 0 bridgehead atoms. The molecule has 1 atom stereocenters. The largest absolute Gasteiger partial charge is 0.387 e. The Morgan fingerprint density at radius 1 is 1.12 bits per heavy atom. The highest BCUT2D eigenvalue weighted by Gasteiger charge is 2.27. The van der Waals surface area contributed by atoms with Crippen LogP contribution in [-0.2, 0) is 12.0 Å². The fourth-order valence-electron chi connectivity index (χ4n) is 3.79. The fourth-order valence-corrected chi connectivity index (χ4v) is 5.37. The molecular weight excluding hydrogens is 479 g/mol. The maximum absolute atomic E-state index is 13.1. The Morgan fingerprint density at radius 2 is 1.82 bits per heavy atom. The van der Waals surface area contributed by atoms with Crippen LogP contribution in [0.15, 0.2) is 53.4 Å². The number of nitrogens with one attached hydrogen (secondary N) is 1. The van der Waals surface area contributed by atoms with Crippen LogP contribution in [0.5, 0.6) is 0 Å². The highest BCUT2D eigenvalue weighted by Crippen LogP contribution is 2.35. The summed E-state index contributed by atoms with van der Waals surface area (Å²) in [5, 5.41) is 11.1. The van der Waals surface area contributed by atoms with E-state index in [9.17, 15) is 9.90 Å². The van der Waals surface area contributed by atoms with Crippen molar-refractivity contribution in [3.63, 3.8) is 0 Å². The van der Waals surface area contributed by atoms with Crippen molar-refractivity contribution in [3.05, 3.63) is 81.1 Å². The van der Waals surface area contributed by atoms with Gasteiger partial charge < -0.3 is 10.0 Å². The number of carbonyl (C=O) groups excluding carboxylic acids is 1. The van der Waals surface area contributed by atoms with Crippen LogP contribution in [0.3, 0.4) is 0 Å². The number of aliphatic hydroxyl groups is 1. The van der Waals surface area contributed by atoms with Crippen molar-refractivity contribution in [2.45, 2.75) is 43.7 Å². The number of carbonyl (C=O) groups is 1. The summed E-state index contributed by atoms with van der Waals surface area (Å²) in [5.74, 6) is 0.151. The molecule has 0 aliphatic carbocycles. The van der Waals surface area contributed by atoms with Gasteiger partial charge in [-0.3, -0.25) is 9.52 Å². The van der Waals surface area contributed by atoms with E-state index >= 15 is 0 Å². The predicted molar refractivity (Wildman–Crippen MR) is 133 cm³/mol. The summed E-state index contributed by atoms with van der Waals surface area (Å²) in [6, 6.07) is 14.9. The summed E-state index contributed by atoms with van der Waals surface area (Å²) in [6.45, 7) is 6.71. The molecule has 2 aromatic carbocycles. The van der Waals surface area contributed by atoms with E-state index in [1.54, 1.807) is 17.0 Å². The van der Waals surface area contributed by atoms with E-state index in [2.05, 4.69) is 14.7 Å². The lowest BCUT2D eigenvalue weighted by Gasteiger charge is -2.32. The highest BCUT2D eigenvalue weighted by atomic mass is 35.5. The molecule has 1 amide bonds. The van der Waals surface area contributed by atoms with Crippen molar-refractivity contribution >= 4 is 47.0 Å². The van der Waals surface area contributed by atoms with Gasteiger partial charge in [0.1, 0.15) is 10.3 Å². The minimum absolute atomic E-state index is 0.136. The second-order valence-electron chi connectivity index (χ2n) is 8.89. The third-order valence-corrected chi connectivity index (χ3v) is 6.69. The van der Waals surface area contributed by atoms with Crippen molar-refractivity contribution < 1.29 is 9.90 Å². The number of β-amino-alcohol motifs (C(OH)–C–C–N with tert-alkyl or cyclic N) is 1. The van der Waals surface area contributed by atoms with Crippen molar-refractivity contribution in [1.29, 1.82) is 0 Å². The Hall–Kier alpha value is -2.32. The van der Waals surface area contributed by atoms with Crippen LogP contribution in [0.1, 0.15) is 53.9 Å². The Kier molecular flexibility index (Phi) is 6.86. The van der Waals surface area contributed by atoms with Gasteiger partial charge in [-0.15, -0.1) is 0 Å². The van der Waals surface area contributed by atoms with Gasteiger partial charge in [-0.2, -0.15) is 9.97 Å². The predicted octanol–water partition coefficient (Wildman–Crippen LogP) is 5.89. The molecular formula is C24H24Cl2N4O2S. The first kappa shape index (κ1) is 23.8. The number of nitrogens with zero attached hydrogens (tertiary/aromatic N) is 3. The second-order valence-corrected chi connectivity index (χ2v) is 10.5. The van der Waals surface area contributed by atoms with E-state index in [4.69, 9.17) is 23.2 Å². The van der Waals surface area contributed by atoms with Gasteiger partial charge in [0.05, 0.1) is 12.6 Å². The van der Waals surface area contributed by atoms with Crippen LogP contribution in [0.4, 0.5) is 5.95 Å². The second kappa shape index (κ2) is 9.50. The summed E-state index contributed by atoms with van der Waals surface area (Å²) in [6.07, 6.45) is -0.694. The van der Waals surface area contributed by atoms with Crippen LogP contribution in [0.2, 0.25) is 10.3 Å². The van der Waals surface area contributed by atoms with Crippen LogP contribution >= 0.6 is 35.1 Å². The zero-order chi connectivity index (χ0) is 23.8. The molecule has 1 aromatic heterocycles. The molecule has 1 aliphatic heterocycles. The number of hydrogen-bond donors (Lipinski definition) is 2. The van der Waals surface area contributed by atoms with Gasteiger partial charge in [0.2, 0.25) is 5.95 Å². The lowest BCUT2D eigenvalue weighted by molar-refractivity contribution is 0.0550. The molecule has 0 saturated carbocycles. The normalized spacial score (nSPS) is 15.8. The minimum Gasteiger partial charge on any atom is -0.387 e. The topological polar surface area (TPSA) is 78.4 Å². The number of anilines is 1. The quantitative estimate of drug-likeness (QED) is 0.342. The summed E-state index contributed by atoms with van der Waals surface area (Å²) in [4.78, 5) is 24.2. The molecule has 3 aromatic rings. The average molecular weight is 503 g/mol. The lowest BCUT2D eigenvalue weighted by atomic mass is 9.89. The van der Waals surface area contributed by atoms with Crippen LogP contribution in [0, 0.1) is 0 Å². The number of rotatable bonds is 4. The number of aliphatic hydroxyl groups excluding tert-OH is 1. The Bertz CT molecular complexity index is 1180. The zero-order valence-corrected chi connectivity index (χ0v) is 20.8. The van der Waals surface area contributed by atoms with Crippen molar-refractivity contribution in [2.24, 2.45) is 0 Å². The SMILES string of the molecule is CC(C)(C)c1c(Cl)nc(NSc2cccc(C(=O)N3Cc4ccccc4C(O)C3)c2)nc1Cl. The van der Waals surface area contributed by atoms with Crippen LogP contribution in [0.25, 0.3) is 0 Å². The highest BCUT2D eigenvalue weighted by molar-refractivity contribution is 8.00. The smallest absolute Gasteiger partial charge is 0.254 e. The van der Waals surface area contributed by atoms with Crippen molar-refractivity contribution in [1.82, 2.24) is 14.9 Å². The molecule has 0 spiro atoms. The molecule has 0 radical (unpaired) electrons. The van der Waals surface area contributed by atoms with E-state index in [1.807, 2.05) is 57.2 Å². The van der Waals surface area contributed by atoms with E-state index in [0.717, 1.165) is 16.0 Å². The lowest BCUT2D eigenvalue weighted by Crippen LogP contribution is -2.38. The number of fused-ring (bicyclic) bond motifs is 1. The number of benzene rings is 2. The van der Waals surface area contributed by atoms with E-state index in [0.29, 0.717) is 28.0 Å². The molecule has 1 unspecified atom stereocenters. The number of aromatic nitrogens is 2. The van der Waals surface area contributed by atoms with Gasteiger partial charge in [0, 0.05) is 22.6 Å². The van der Waals surface area contributed by atoms with Gasteiger partial charge in [0.15, 0.2) is 0 Å². The van der Waals surface area contributed by atoms with Gasteiger partial charge in [-0.05, 0) is 46.7 Å². The van der Waals surface area contributed by atoms with E-state index in [-0.39, 0.29) is 23.8 Å². The first-order valence-electron chi connectivity index (χ1n) is 10.4. The summed E-state index contributed by atoms with van der Waals surface area (Å²) < 4.78 is 3.05. The molecule has 1 aliphatic rings. The third-order valence-electron chi connectivity index (χ3n) is 5.37. The number of hydrogen-bond acceptors (Lipinski definition) is 6. The first-order chi connectivity index (χ1) is 15.6. The van der Waals surface area contributed by atoms with Gasteiger partial charge in [0.25, 0.3) is 5.91 Å². The van der Waals surface area contributed by atoms with Gasteiger partial charge in [-0.25, -0.2) is 0 Å². The molecule has 4 rings (SSSR count). The summed E-state index contributed by atoms with van der Waals surface area (Å²) in [5.41, 5.74) is 2.79. The average Bonchev–Trinajstić information content (AvgIpc) is 2.76. The van der Waals surface area contributed by atoms with E-state index in [1.165, 1.54) is 11.9 Å². The minimum atomic E-state index is -0.694. The fraction of sp³-hybridized carbons (Fsp3) is 0.292. The Morgan fingerprint density at radius 3 is 2.52 bits per heavy atom. The maximum atomic E-state index is 13.1. The monoisotopic (exact) mass is 502 g/mol. The molecule has 172 valence electrons. The summed E-state index contributed by atoms with van der Waals surface area (Å²) >= 11 is 14.0. The summed E-state index contributed by atoms with van der Waals surface area (Å²) in [7, 11) is 0. The first-order valence-corrected chi connectivity index (χ1v) is 12.0. The van der Waals surface area contributed by atoms with E-state index < -0.39 is 6.10 Å².